The summed E-state index contributed by atoms with van der Waals surface area (Å²) in [6, 6.07) is 4.94. The molecule has 1 aliphatic rings. The Morgan fingerprint density at radius 1 is 0.974 bits per heavy atom. The zero-order chi connectivity index (χ0) is 27.5. The fourth-order valence-electron chi connectivity index (χ4n) is 5.55. The highest BCUT2D eigenvalue weighted by molar-refractivity contribution is 5.63. The van der Waals surface area contributed by atoms with Crippen molar-refractivity contribution in [3.63, 3.8) is 0 Å². The Bertz CT molecular complexity index is 992. The van der Waals surface area contributed by atoms with Crippen molar-refractivity contribution < 1.29 is 22.3 Å². The second-order valence-electron chi connectivity index (χ2n) is 11.1. The minimum absolute atomic E-state index is 0.0416. The molecule has 2 unspecified atom stereocenters. The van der Waals surface area contributed by atoms with E-state index in [4.69, 9.17) is 4.74 Å². The first-order valence-electron chi connectivity index (χ1n) is 14.7. The van der Waals surface area contributed by atoms with Gasteiger partial charge in [0.05, 0.1) is 11.3 Å². The largest absolute Gasteiger partial charge is 0.381 e. The van der Waals surface area contributed by atoms with Gasteiger partial charge in [-0.25, -0.2) is 17.6 Å². The van der Waals surface area contributed by atoms with Crippen molar-refractivity contribution in [2.75, 3.05) is 13.2 Å². The molecular formula is C32H45F4NO. The number of fused-ring (bicyclic) bond motifs is 1. The second kappa shape index (κ2) is 15.0. The van der Waals surface area contributed by atoms with E-state index >= 15 is 17.6 Å². The molecular weight excluding hydrogens is 490 g/mol. The zero-order valence-corrected chi connectivity index (χ0v) is 23.4. The highest BCUT2D eigenvalue weighted by Gasteiger charge is 2.48. The first-order valence-corrected chi connectivity index (χ1v) is 14.7. The SMILES string of the molecule is CCCCCOCCCCCC1CCc2cc(-c3ccc(CC(C)CCCC)cn3)c(F)c(F)c2C1(F)F. The molecule has 0 aliphatic heterocycles. The molecule has 6 heteroatoms. The lowest BCUT2D eigenvalue weighted by molar-refractivity contribution is -0.0823. The van der Waals surface area contributed by atoms with E-state index < -0.39 is 29.0 Å². The van der Waals surface area contributed by atoms with Crippen molar-refractivity contribution >= 4 is 0 Å². The molecule has 2 atom stereocenters. The van der Waals surface area contributed by atoms with Crippen LogP contribution in [0, 0.1) is 23.5 Å². The summed E-state index contributed by atoms with van der Waals surface area (Å²) in [5, 5.41) is 0. The van der Waals surface area contributed by atoms with Gasteiger partial charge in [0.2, 0.25) is 0 Å². The number of benzene rings is 1. The third-order valence-corrected chi connectivity index (χ3v) is 7.87. The molecule has 2 nitrogen and oxygen atoms in total. The maximum atomic E-state index is 15.4. The molecule has 0 saturated carbocycles. The molecule has 1 heterocycles. The maximum Gasteiger partial charge on any atom is 0.279 e. The number of rotatable bonds is 16. The highest BCUT2D eigenvalue weighted by Crippen LogP contribution is 2.49. The third kappa shape index (κ3) is 8.03. The van der Waals surface area contributed by atoms with Crippen LogP contribution in [0.4, 0.5) is 17.6 Å². The van der Waals surface area contributed by atoms with Crippen molar-refractivity contribution in [1.82, 2.24) is 4.98 Å². The quantitative estimate of drug-likeness (QED) is 0.158. The minimum atomic E-state index is -3.39. The van der Waals surface area contributed by atoms with Gasteiger partial charge < -0.3 is 4.74 Å². The molecule has 2 aromatic rings. The first-order chi connectivity index (χ1) is 18.3. The van der Waals surface area contributed by atoms with Crippen molar-refractivity contribution in [2.45, 2.75) is 110 Å². The number of unbranched alkanes of at least 4 members (excludes halogenated alkanes) is 5. The predicted molar refractivity (Wildman–Crippen MR) is 146 cm³/mol. The molecule has 212 valence electrons. The number of hydrogen-bond acceptors (Lipinski definition) is 2. The fourth-order valence-corrected chi connectivity index (χ4v) is 5.55. The van der Waals surface area contributed by atoms with E-state index in [0.717, 1.165) is 63.5 Å². The summed E-state index contributed by atoms with van der Waals surface area (Å²) < 4.78 is 66.7. The summed E-state index contributed by atoms with van der Waals surface area (Å²) >= 11 is 0. The van der Waals surface area contributed by atoms with E-state index in [2.05, 4.69) is 25.8 Å². The lowest BCUT2D eigenvalue weighted by Gasteiger charge is -2.34. The summed E-state index contributed by atoms with van der Waals surface area (Å²) in [5.74, 6) is -6.51. The van der Waals surface area contributed by atoms with Crippen molar-refractivity contribution in [3.05, 3.63) is 52.7 Å². The van der Waals surface area contributed by atoms with Crippen LogP contribution in [-0.2, 0) is 23.5 Å². The number of ether oxygens (including phenoxy) is 1. The molecule has 0 saturated heterocycles. The van der Waals surface area contributed by atoms with E-state index in [9.17, 15) is 0 Å². The third-order valence-electron chi connectivity index (χ3n) is 7.87. The summed E-state index contributed by atoms with van der Waals surface area (Å²) in [6.45, 7) is 7.89. The monoisotopic (exact) mass is 535 g/mol. The van der Waals surface area contributed by atoms with Crippen LogP contribution in [0.1, 0.15) is 108 Å². The number of nitrogens with zero attached hydrogens (tertiary/aromatic N) is 1. The molecule has 0 fully saturated rings. The van der Waals surface area contributed by atoms with Gasteiger partial charge in [0.25, 0.3) is 5.92 Å². The van der Waals surface area contributed by atoms with Crippen molar-refractivity contribution in [1.29, 1.82) is 0 Å². The van der Waals surface area contributed by atoms with E-state index in [1.807, 2.05) is 6.07 Å². The van der Waals surface area contributed by atoms with Gasteiger partial charge in [-0.1, -0.05) is 71.8 Å². The molecule has 0 radical (unpaired) electrons. The van der Waals surface area contributed by atoms with Gasteiger partial charge in [-0.15, -0.1) is 0 Å². The number of pyridine rings is 1. The molecule has 0 bridgehead atoms. The topological polar surface area (TPSA) is 22.1 Å². The Morgan fingerprint density at radius 3 is 2.39 bits per heavy atom. The van der Waals surface area contributed by atoms with Gasteiger partial charge in [0.15, 0.2) is 11.6 Å². The Morgan fingerprint density at radius 2 is 1.71 bits per heavy atom. The van der Waals surface area contributed by atoms with Crippen LogP contribution in [0.5, 0.6) is 0 Å². The summed E-state index contributed by atoms with van der Waals surface area (Å²) in [4.78, 5) is 4.37. The molecule has 1 aromatic carbocycles. The predicted octanol–water partition coefficient (Wildman–Crippen LogP) is 9.82. The maximum absolute atomic E-state index is 15.4. The molecule has 0 spiro atoms. The number of halogens is 4. The minimum Gasteiger partial charge on any atom is -0.381 e. The average Bonchev–Trinajstić information content (AvgIpc) is 2.89. The molecule has 0 N–H and O–H groups in total. The highest BCUT2D eigenvalue weighted by atomic mass is 19.3. The summed E-state index contributed by atoms with van der Waals surface area (Å²) in [7, 11) is 0. The Labute approximate surface area is 226 Å². The van der Waals surface area contributed by atoms with E-state index in [0.29, 0.717) is 31.8 Å². The van der Waals surface area contributed by atoms with Crippen LogP contribution < -0.4 is 0 Å². The van der Waals surface area contributed by atoms with Gasteiger partial charge >= 0.3 is 0 Å². The molecule has 1 aromatic heterocycles. The van der Waals surface area contributed by atoms with E-state index in [-0.39, 0.29) is 23.2 Å². The van der Waals surface area contributed by atoms with Crippen LogP contribution in [0.15, 0.2) is 24.4 Å². The number of aromatic nitrogens is 1. The lowest BCUT2D eigenvalue weighted by Crippen LogP contribution is -2.33. The Hall–Kier alpha value is -1.95. The first kappa shape index (κ1) is 30.6. The van der Waals surface area contributed by atoms with Gasteiger partial charge in [0.1, 0.15) is 0 Å². The standard InChI is InChI=1S/C32H45F4NO/c1-4-6-10-18-38-19-11-8-9-13-26-16-15-25-21-27(30(33)31(34)29(25)32(26,35)36)28-17-14-24(22-37-28)20-23(3)12-7-5-2/h14,17,21-23,26H,4-13,15-16,18-20H2,1-3H3. The normalized spacial score (nSPS) is 17.4. The molecule has 1 aliphatic carbocycles. The Kier molecular flexibility index (Phi) is 12.1. The smallest absolute Gasteiger partial charge is 0.279 e. The summed E-state index contributed by atoms with van der Waals surface area (Å²) in [5.41, 5.74) is 0.709. The van der Waals surface area contributed by atoms with Gasteiger partial charge in [-0.05, 0) is 67.7 Å². The number of aryl methyl sites for hydroxylation is 1. The van der Waals surface area contributed by atoms with Crippen LogP contribution in [0.2, 0.25) is 0 Å². The molecule has 38 heavy (non-hydrogen) atoms. The number of alkyl halides is 2. The summed E-state index contributed by atoms with van der Waals surface area (Å²) in [6.07, 6.45) is 12.5. The van der Waals surface area contributed by atoms with Crippen LogP contribution in [-0.4, -0.2) is 18.2 Å². The van der Waals surface area contributed by atoms with Gasteiger partial charge in [-0.3, -0.25) is 4.98 Å². The van der Waals surface area contributed by atoms with Crippen LogP contribution >= 0.6 is 0 Å². The van der Waals surface area contributed by atoms with Crippen molar-refractivity contribution in [2.24, 2.45) is 11.8 Å². The van der Waals surface area contributed by atoms with Gasteiger partial charge in [-0.2, -0.15) is 0 Å². The van der Waals surface area contributed by atoms with E-state index in [1.165, 1.54) is 12.5 Å². The average molecular weight is 536 g/mol. The van der Waals surface area contributed by atoms with E-state index in [1.54, 1.807) is 12.3 Å². The molecule has 3 rings (SSSR count). The molecule has 0 amide bonds. The second-order valence-corrected chi connectivity index (χ2v) is 11.1. The lowest BCUT2D eigenvalue weighted by atomic mass is 9.77. The van der Waals surface area contributed by atoms with Crippen LogP contribution in [0.3, 0.4) is 0 Å². The van der Waals surface area contributed by atoms with Crippen LogP contribution in [0.25, 0.3) is 11.3 Å². The Balaban J connectivity index is 1.62. The number of hydrogen-bond donors (Lipinski definition) is 0. The van der Waals surface area contributed by atoms with Gasteiger partial charge in [0, 0.05) is 30.9 Å². The van der Waals surface area contributed by atoms with Crippen molar-refractivity contribution in [3.8, 4) is 11.3 Å². The fraction of sp³-hybridized carbons (Fsp3) is 0.656. The zero-order valence-electron chi connectivity index (χ0n) is 23.4.